The fourth-order valence-corrected chi connectivity index (χ4v) is 2.61. The molecule has 0 saturated heterocycles. The minimum Gasteiger partial charge on any atom is -0.495 e. The molecule has 0 saturated carbocycles. The third-order valence-corrected chi connectivity index (χ3v) is 3.43. The van der Waals surface area contributed by atoms with E-state index in [-0.39, 0.29) is 6.61 Å². The fraction of sp³-hybridized carbons (Fsp3) is 0.231. The summed E-state index contributed by atoms with van der Waals surface area (Å²) in [6, 6.07) is 5.08. The SMILES string of the molecule is CCOC(=O)C(=O)c1ccc(OC)c2sccc12. The predicted octanol–water partition coefficient (Wildman–Crippen LogP) is 2.66. The second-order valence-electron chi connectivity index (χ2n) is 3.53. The lowest BCUT2D eigenvalue weighted by Gasteiger charge is -2.05. The predicted molar refractivity (Wildman–Crippen MR) is 69.3 cm³/mol. The van der Waals surface area contributed by atoms with Crippen LogP contribution in [-0.4, -0.2) is 25.5 Å². The normalized spacial score (nSPS) is 10.3. The fourth-order valence-electron chi connectivity index (χ4n) is 1.70. The van der Waals surface area contributed by atoms with Crippen molar-refractivity contribution >= 4 is 33.2 Å². The van der Waals surface area contributed by atoms with Crippen molar-refractivity contribution in [3.8, 4) is 5.75 Å². The van der Waals surface area contributed by atoms with Gasteiger partial charge in [-0.05, 0) is 30.5 Å². The summed E-state index contributed by atoms with van der Waals surface area (Å²) in [4.78, 5) is 23.4. The summed E-state index contributed by atoms with van der Waals surface area (Å²) in [6.07, 6.45) is 0. The summed E-state index contributed by atoms with van der Waals surface area (Å²) in [5.74, 6) is -0.751. The summed E-state index contributed by atoms with van der Waals surface area (Å²) in [5, 5.41) is 2.58. The Labute approximate surface area is 108 Å². The van der Waals surface area contributed by atoms with Crippen LogP contribution in [0.4, 0.5) is 0 Å². The molecule has 0 bridgehead atoms. The van der Waals surface area contributed by atoms with E-state index in [4.69, 9.17) is 9.47 Å². The molecule has 0 radical (unpaired) electrons. The number of fused-ring (bicyclic) bond motifs is 1. The average molecular weight is 264 g/mol. The van der Waals surface area contributed by atoms with Crippen molar-refractivity contribution in [2.45, 2.75) is 6.92 Å². The molecule has 1 aromatic heterocycles. The van der Waals surface area contributed by atoms with E-state index in [2.05, 4.69) is 0 Å². The molecule has 2 aromatic rings. The van der Waals surface area contributed by atoms with Gasteiger partial charge >= 0.3 is 5.97 Å². The van der Waals surface area contributed by atoms with Crippen molar-refractivity contribution in [3.63, 3.8) is 0 Å². The van der Waals surface area contributed by atoms with E-state index >= 15 is 0 Å². The molecular weight excluding hydrogens is 252 g/mol. The van der Waals surface area contributed by atoms with Gasteiger partial charge in [0.2, 0.25) is 0 Å². The lowest BCUT2D eigenvalue weighted by atomic mass is 10.1. The number of ether oxygens (including phenoxy) is 2. The van der Waals surface area contributed by atoms with Crippen LogP contribution >= 0.6 is 11.3 Å². The number of benzene rings is 1. The largest absolute Gasteiger partial charge is 0.495 e. The highest BCUT2D eigenvalue weighted by atomic mass is 32.1. The third kappa shape index (κ3) is 2.09. The number of methoxy groups -OCH3 is 1. The van der Waals surface area contributed by atoms with E-state index in [1.807, 2.05) is 5.38 Å². The van der Waals surface area contributed by atoms with Gasteiger partial charge in [0.15, 0.2) is 0 Å². The zero-order valence-electron chi connectivity index (χ0n) is 10.1. The summed E-state index contributed by atoms with van der Waals surface area (Å²) < 4.78 is 10.8. The Balaban J connectivity index is 2.49. The van der Waals surface area contributed by atoms with Crippen LogP contribution in [0.1, 0.15) is 17.3 Å². The van der Waals surface area contributed by atoms with Gasteiger partial charge in [0.25, 0.3) is 5.78 Å². The second-order valence-corrected chi connectivity index (χ2v) is 4.44. The van der Waals surface area contributed by atoms with E-state index in [1.54, 1.807) is 32.2 Å². The number of carbonyl (C=O) groups is 2. The highest BCUT2D eigenvalue weighted by molar-refractivity contribution is 7.17. The maximum atomic E-state index is 11.9. The Hall–Kier alpha value is -1.88. The van der Waals surface area contributed by atoms with Crippen molar-refractivity contribution in [3.05, 3.63) is 29.1 Å². The first-order valence-electron chi connectivity index (χ1n) is 5.44. The molecule has 0 spiro atoms. The van der Waals surface area contributed by atoms with Gasteiger partial charge in [-0.2, -0.15) is 0 Å². The monoisotopic (exact) mass is 264 g/mol. The number of thiophene rings is 1. The summed E-state index contributed by atoms with van der Waals surface area (Å²) in [5.41, 5.74) is 0.352. The molecule has 0 unspecified atom stereocenters. The number of Topliss-reactive ketones (excluding diaryl/α,β-unsaturated/α-hetero) is 1. The molecule has 0 aliphatic heterocycles. The summed E-state index contributed by atoms with van der Waals surface area (Å²) in [7, 11) is 1.57. The molecule has 1 aromatic carbocycles. The zero-order chi connectivity index (χ0) is 13.1. The lowest BCUT2D eigenvalue weighted by Crippen LogP contribution is -2.17. The maximum absolute atomic E-state index is 11.9. The van der Waals surface area contributed by atoms with Crippen molar-refractivity contribution in [1.29, 1.82) is 0 Å². The zero-order valence-corrected chi connectivity index (χ0v) is 10.9. The minimum absolute atomic E-state index is 0.188. The standard InChI is InChI=1S/C13H12O4S/c1-3-17-13(15)11(14)8-4-5-10(16-2)12-9(8)6-7-18-12/h4-7H,3H2,1-2H3. The quantitative estimate of drug-likeness (QED) is 0.484. The van der Waals surface area contributed by atoms with Crippen molar-refractivity contribution < 1.29 is 19.1 Å². The second kappa shape index (κ2) is 5.18. The molecule has 94 valence electrons. The smallest absolute Gasteiger partial charge is 0.379 e. The molecule has 2 rings (SSSR count). The Morgan fingerprint density at radius 1 is 1.28 bits per heavy atom. The summed E-state index contributed by atoms with van der Waals surface area (Å²) in [6.45, 7) is 1.85. The van der Waals surface area contributed by atoms with Crippen LogP contribution in [0, 0.1) is 0 Å². The number of hydrogen-bond acceptors (Lipinski definition) is 5. The number of hydrogen-bond donors (Lipinski definition) is 0. The molecule has 0 aliphatic rings. The van der Waals surface area contributed by atoms with Crippen LogP contribution in [0.3, 0.4) is 0 Å². The van der Waals surface area contributed by atoms with Gasteiger partial charge in [-0.3, -0.25) is 4.79 Å². The number of rotatable bonds is 4. The first kappa shape index (κ1) is 12.6. The van der Waals surface area contributed by atoms with Gasteiger partial charge in [0.05, 0.1) is 18.4 Å². The van der Waals surface area contributed by atoms with Crippen LogP contribution in [-0.2, 0) is 9.53 Å². The van der Waals surface area contributed by atoms with Gasteiger partial charge in [-0.25, -0.2) is 4.79 Å². The van der Waals surface area contributed by atoms with E-state index in [9.17, 15) is 9.59 Å². The highest BCUT2D eigenvalue weighted by Crippen LogP contribution is 2.33. The first-order valence-corrected chi connectivity index (χ1v) is 6.32. The van der Waals surface area contributed by atoms with Gasteiger partial charge < -0.3 is 9.47 Å². The number of esters is 1. The lowest BCUT2D eigenvalue weighted by molar-refractivity contribution is -0.137. The third-order valence-electron chi connectivity index (χ3n) is 2.51. The van der Waals surface area contributed by atoms with Crippen molar-refractivity contribution in [1.82, 2.24) is 0 Å². The summed E-state index contributed by atoms with van der Waals surface area (Å²) >= 11 is 1.47. The van der Waals surface area contributed by atoms with Gasteiger partial charge in [-0.15, -0.1) is 11.3 Å². The van der Waals surface area contributed by atoms with Crippen LogP contribution in [0.2, 0.25) is 0 Å². The average Bonchev–Trinajstić information content (AvgIpc) is 2.86. The van der Waals surface area contributed by atoms with E-state index in [1.165, 1.54) is 11.3 Å². The van der Waals surface area contributed by atoms with Gasteiger partial charge in [-0.1, -0.05) is 0 Å². The van der Waals surface area contributed by atoms with Crippen LogP contribution < -0.4 is 4.74 Å². The topological polar surface area (TPSA) is 52.6 Å². The van der Waals surface area contributed by atoms with E-state index in [0.717, 1.165) is 10.1 Å². The van der Waals surface area contributed by atoms with Gasteiger partial charge in [0.1, 0.15) is 5.75 Å². The van der Waals surface area contributed by atoms with E-state index < -0.39 is 11.8 Å². The molecule has 0 fully saturated rings. The number of carbonyl (C=O) groups excluding carboxylic acids is 2. The first-order chi connectivity index (χ1) is 8.69. The molecule has 5 heteroatoms. The molecule has 18 heavy (non-hydrogen) atoms. The Kier molecular flexibility index (Phi) is 3.62. The molecule has 0 amide bonds. The molecule has 0 N–H and O–H groups in total. The Morgan fingerprint density at radius 3 is 2.72 bits per heavy atom. The van der Waals surface area contributed by atoms with Crippen molar-refractivity contribution in [2.24, 2.45) is 0 Å². The molecule has 4 nitrogen and oxygen atoms in total. The molecule has 0 atom stereocenters. The van der Waals surface area contributed by atoms with E-state index in [0.29, 0.717) is 11.3 Å². The van der Waals surface area contributed by atoms with Crippen LogP contribution in [0.15, 0.2) is 23.6 Å². The highest BCUT2D eigenvalue weighted by Gasteiger charge is 2.21. The Morgan fingerprint density at radius 2 is 2.06 bits per heavy atom. The molecule has 0 aliphatic carbocycles. The minimum atomic E-state index is -0.824. The van der Waals surface area contributed by atoms with Crippen LogP contribution in [0.5, 0.6) is 5.75 Å². The Bertz CT molecular complexity index is 600. The number of ketones is 1. The van der Waals surface area contributed by atoms with Crippen molar-refractivity contribution in [2.75, 3.05) is 13.7 Å². The van der Waals surface area contributed by atoms with Crippen LogP contribution in [0.25, 0.3) is 10.1 Å². The molecule has 1 heterocycles. The van der Waals surface area contributed by atoms with Gasteiger partial charge in [0, 0.05) is 10.9 Å². The maximum Gasteiger partial charge on any atom is 0.379 e. The molecular formula is C13H12O4S.